The first-order valence-electron chi connectivity index (χ1n) is 7.00. The number of hydrogen-bond acceptors (Lipinski definition) is 4. The van der Waals surface area contributed by atoms with Crippen LogP contribution >= 0.6 is 0 Å². The van der Waals surface area contributed by atoms with Gasteiger partial charge in [-0.1, -0.05) is 6.92 Å². The van der Waals surface area contributed by atoms with E-state index in [-0.39, 0.29) is 0 Å². The molecule has 0 bridgehead atoms. The first kappa shape index (κ1) is 14.5. The molecule has 5 heteroatoms. The lowest BCUT2D eigenvalue weighted by Crippen LogP contribution is -2.37. The standard InChI is InChI=1S/C14H23N3OS/c1-3-6-15-12(2)14-5-4-13(11-16-14)17-7-9-19(18)10-8-17/h4-5,11-12,15H,3,6-10H2,1-2H3. The summed E-state index contributed by atoms with van der Waals surface area (Å²) in [7, 11) is -0.622. The zero-order chi connectivity index (χ0) is 13.7. The molecular formula is C14H23N3OS. The number of rotatable bonds is 5. The molecule has 1 aromatic rings. The van der Waals surface area contributed by atoms with Gasteiger partial charge >= 0.3 is 0 Å². The Kier molecular flexibility index (Phi) is 5.34. The molecule has 0 spiro atoms. The third kappa shape index (κ3) is 4.01. The maximum Gasteiger partial charge on any atom is 0.0572 e. The van der Waals surface area contributed by atoms with E-state index in [9.17, 15) is 4.21 Å². The average Bonchev–Trinajstić information content (AvgIpc) is 2.46. The lowest BCUT2D eigenvalue weighted by Gasteiger charge is -2.28. The van der Waals surface area contributed by atoms with Gasteiger partial charge in [-0.25, -0.2) is 0 Å². The third-order valence-corrected chi connectivity index (χ3v) is 4.73. The second-order valence-electron chi connectivity index (χ2n) is 4.95. The van der Waals surface area contributed by atoms with Crippen molar-refractivity contribution in [2.45, 2.75) is 26.3 Å². The van der Waals surface area contributed by atoms with Gasteiger partial charge in [0.2, 0.25) is 0 Å². The SMILES string of the molecule is CCCNC(C)c1ccc(N2CCS(=O)CC2)cn1. The Bertz CT molecular complexity index is 411. The quantitative estimate of drug-likeness (QED) is 0.892. The predicted molar refractivity (Wildman–Crippen MR) is 81.0 cm³/mol. The van der Waals surface area contributed by atoms with Crippen LogP contribution in [0.2, 0.25) is 0 Å². The zero-order valence-electron chi connectivity index (χ0n) is 11.8. The smallest absolute Gasteiger partial charge is 0.0572 e. The molecule has 1 atom stereocenters. The van der Waals surface area contributed by atoms with Crippen LogP contribution in [0.5, 0.6) is 0 Å². The van der Waals surface area contributed by atoms with E-state index in [1.54, 1.807) is 0 Å². The van der Waals surface area contributed by atoms with Crippen LogP contribution in [0.4, 0.5) is 5.69 Å². The van der Waals surface area contributed by atoms with Crippen molar-refractivity contribution >= 4 is 16.5 Å². The number of hydrogen-bond donors (Lipinski definition) is 1. The normalized spacial score (nSPS) is 18.5. The van der Waals surface area contributed by atoms with Gasteiger partial charge in [-0.05, 0) is 32.0 Å². The van der Waals surface area contributed by atoms with Crippen molar-refractivity contribution < 1.29 is 4.21 Å². The number of aromatic nitrogens is 1. The van der Waals surface area contributed by atoms with Gasteiger partial charge in [0.1, 0.15) is 0 Å². The molecule has 2 rings (SSSR count). The van der Waals surface area contributed by atoms with E-state index in [2.05, 4.69) is 41.2 Å². The van der Waals surface area contributed by atoms with Crippen LogP contribution in [-0.4, -0.2) is 40.3 Å². The molecule has 2 heterocycles. The minimum absolute atomic E-state index is 0.294. The van der Waals surface area contributed by atoms with Gasteiger partial charge in [-0.2, -0.15) is 0 Å². The van der Waals surface area contributed by atoms with Crippen molar-refractivity contribution in [2.24, 2.45) is 0 Å². The van der Waals surface area contributed by atoms with Crippen molar-refractivity contribution in [1.82, 2.24) is 10.3 Å². The summed E-state index contributed by atoms with van der Waals surface area (Å²) in [5, 5.41) is 3.44. The van der Waals surface area contributed by atoms with Crippen LogP contribution in [0.25, 0.3) is 0 Å². The summed E-state index contributed by atoms with van der Waals surface area (Å²) in [6.45, 7) is 7.06. The fourth-order valence-corrected chi connectivity index (χ4v) is 3.25. The Labute approximate surface area is 118 Å². The second-order valence-corrected chi connectivity index (χ2v) is 6.65. The van der Waals surface area contributed by atoms with Crippen LogP contribution in [0.15, 0.2) is 18.3 Å². The molecule has 1 fully saturated rings. The monoisotopic (exact) mass is 281 g/mol. The molecule has 106 valence electrons. The molecule has 1 unspecified atom stereocenters. The number of pyridine rings is 1. The second kappa shape index (κ2) is 7.01. The number of nitrogens with zero attached hydrogens (tertiary/aromatic N) is 2. The first-order chi connectivity index (χ1) is 9.20. The summed E-state index contributed by atoms with van der Waals surface area (Å²) >= 11 is 0. The maximum atomic E-state index is 11.3. The van der Waals surface area contributed by atoms with E-state index in [1.165, 1.54) is 0 Å². The largest absolute Gasteiger partial charge is 0.368 e. The summed E-state index contributed by atoms with van der Waals surface area (Å²) in [6, 6.07) is 4.51. The molecule has 0 aromatic carbocycles. The van der Waals surface area contributed by atoms with Crippen LogP contribution in [0.3, 0.4) is 0 Å². The zero-order valence-corrected chi connectivity index (χ0v) is 12.6. The van der Waals surface area contributed by atoms with Crippen molar-refractivity contribution in [2.75, 3.05) is 36.0 Å². The summed E-state index contributed by atoms with van der Waals surface area (Å²) < 4.78 is 11.3. The summed E-state index contributed by atoms with van der Waals surface area (Å²) in [5.74, 6) is 1.55. The highest BCUT2D eigenvalue weighted by atomic mass is 32.2. The molecule has 4 nitrogen and oxygen atoms in total. The maximum absolute atomic E-state index is 11.3. The van der Waals surface area contributed by atoms with Crippen molar-refractivity contribution in [3.63, 3.8) is 0 Å². The van der Waals surface area contributed by atoms with E-state index in [1.807, 2.05) is 6.20 Å². The number of anilines is 1. The Morgan fingerprint density at radius 2 is 2.16 bits per heavy atom. The molecule has 1 aromatic heterocycles. The first-order valence-corrected chi connectivity index (χ1v) is 8.48. The molecule has 0 amide bonds. The molecular weight excluding hydrogens is 258 g/mol. The highest BCUT2D eigenvalue weighted by Crippen LogP contribution is 2.18. The van der Waals surface area contributed by atoms with E-state index in [0.717, 1.165) is 48.9 Å². The molecule has 1 aliphatic rings. The van der Waals surface area contributed by atoms with Gasteiger partial charge in [-0.3, -0.25) is 9.19 Å². The van der Waals surface area contributed by atoms with Crippen LogP contribution in [-0.2, 0) is 10.8 Å². The Morgan fingerprint density at radius 3 is 2.74 bits per heavy atom. The number of nitrogens with one attached hydrogen (secondary N) is 1. The van der Waals surface area contributed by atoms with Gasteiger partial charge < -0.3 is 10.2 Å². The van der Waals surface area contributed by atoms with Crippen molar-refractivity contribution in [3.05, 3.63) is 24.0 Å². The molecule has 1 saturated heterocycles. The predicted octanol–water partition coefficient (Wildman–Crippen LogP) is 1.71. The third-order valence-electron chi connectivity index (χ3n) is 3.46. The summed E-state index contributed by atoms with van der Waals surface area (Å²) in [4.78, 5) is 6.81. The minimum Gasteiger partial charge on any atom is -0.368 e. The molecule has 0 saturated carbocycles. The molecule has 19 heavy (non-hydrogen) atoms. The Balaban J connectivity index is 1.96. The van der Waals surface area contributed by atoms with Gasteiger partial charge in [0.15, 0.2) is 0 Å². The highest BCUT2D eigenvalue weighted by Gasteiger charge is 2.16. The Hall–Kier alpha value is -0.940. The molecule has 0 radical (unpaired) electrons. The van der Waals surface area contributed by atoms with Crippen molar-refractivity contribution in [1.29, 1.82) is 0 Å². The Morgan fingerprint density at radius 1 is 1.42 bits per heavy atom. The fourth-order valence-electron chi connectivity index (χ4n) is 2.20. The lowest BCUT2D eigenvalue weighted by atomic mass is 10.2. The molecule has 0 aliphatic carbocycles. The summed E-state index contributed by atoms with van der Waals surface area (Å²) in [5.41, 5.74) is 2.22. The minimum atomic E-state index is -0.622. The fraction of sp³-hybridized carbons (Fsp3) is 0.643. The van der Waals surface area contributed by atoms with Crippen LogP contribution in [0.1, 0.15) is 32.0 Å². The van der Waals surface area contributed by atoms with Gasteiger partial charge in [-0.15, -0.1) is 0 Å². The van der Waals surface area contributed by atoms with E-state index >= 15 is 0 Å². The van der Waals surface area contributed by atoms with E-state index in [0.29, 0.717) is 6.04 Å². The molecule has 1 aliphatic heterocycles. The van der Waals surface area contributed by atoms with E-state index < -0.39 is 10.8 Å². The van der Waals surface area contributed by atoms with Crippen LogP contribution in [0, 0.1) is 0 Å². The van der Waals surface area contributed by atoms with E-state index in [4.69, 9.17) is 0 Å². The lowest BCUT2D eigenvalue weighted by molar-refractivity contribution is 0.558. The van der Waals surface area contributed by atoms with Gasteiger partial charge in [0, 0.05) is 41.4 Å². The topological polar surface area (TPSA) is 45.2 Å². The molecule has 1 N–H and O–H groups in total. The summed E-state index contributed by atoms with van der Waals surface area (Å²) in [6.07, 6.45) is 3.07. The van der Waals surface area contributed by atoms with Gasteiger partial charge in [0.25, 0.3) is 0 Å². The van der Waals surface area contributed by atoms with Gasteiger partial charge in [0.05, 0.1) is 17.6 Å². The van der Waals surface area contributed by atoms with Crippen molar-refractivity contribution in [3.8, 4) is 0 Å². The highest BCUT2D eigenvalue weighted by molar-refractivity contribution is 7.85. The average molecular weight is 281 g/mol. The van der Waals surface area contributed by atoms with Crippen LogP contribution < -0.4 is 10.2 Å².